The molecule has 1 aliphatic heterocycles. The van der Waals surface area contributed by atoms with E-state index < -0.39 is 0 Å². The molecule has 2 rings (SSSR count). The molecule has 0 spiro atoms. The van der Waals surface area contributed by atoms with Crippen molar-refractivity contribution in [1.29, 1.82) is 0 Å². The number of hydrogen-bond acceptors (Lipinski definition) is 3. The van der Waals surface area contributed by atoms with E-state index in [1.54, 1.807) is 18.2 Å². The lowest BCUT2D eigenvalue weighted by atomic mass is 10.2. The van der Waals surface area contributed by atoms with Crippen molar-refractivity contribution in [3.63, 3.8) is 0 Å². The summed E-state index contributed by atoms with van der Waals surface area (Å²) >= 11 is 0. The number of ether oxygens (including phenoxy) is 1. The Morgan fingerprint density at radius 1 is 1.56 bits per heavy atom. The predicted octanol–water partition coefficient (Wildman–Crippen LogP) is 1.40. The number of nitrogens with zero attached hydrogens (tertiary/aromatic N) is 1. The van der Waals surface area contributed by atoms with Crippen LogP contribution in [0.15, 0.2) is 18.2 Å². The summed E-state index contributed by atoms with van der Waals surface area (Å²) in [6, 6.07) is 5.14. The zero-order chi connectivity index (χ0) is 11.5. The minimum atomic E-state index is -0.300. The van der Waals surface area contributed by atoms with Gasteiger partial charge in [-0.1, -0.05) is 12.1 Å². The highest BCUT2D eigenvalue weighted by atomic mass is 19.1. The molecule has 0 bridgehead atoms. The molecular weight excluding hydrogens is 209 g/mol. The Kier molecular flexibility index (Phi) is 3.41. The molecule has 0 radical (unpaired) electrons. The third-order valence-corrected chi connectivity index (χ3v) is 2.90. The van der Waals surface area contributed by atoms with Crippen molar-refractivity contribution in [2.75, 3.05) is 20.2 Å². The number of likely N-dealkylation sites (tertiary alicyclic amines) is 1. The molecule has 1 atom stereocenters. The van der Waals surface area contributed by atoms with Gasteiger partial charge in [0.25, 0.3) is 0 Å². The third-order valence-electron chi connectivity index (χ3n) is 2.90. The third kappa shape index (κ3) is 2.33. The van der Waals surface area contributed by atoms with Gasteiger partial charge in [0.05, 0.1) is 13.2 Å². The van der Waals surface area contributed by atoms with Crippen LogP contribution in [0.25, 0.3) is 0 Å². The number of aliphatic hydroxyl groups excluding tert-OH is 1. The second-order valence-electron chi connectivity index (χ2n) is 4.11. The summed E-state index contributed by atoms with van der Waals surface area (Å²) in [5, 5.41) is 9.39. The molecule has 1 aromatic carbocycles. The highest BCUT2D eigenvalue weighted by Crippen LogP contribution is 2.22. The largest absolute Gasteiger partial charge is 0.494 e. The van der Waals surface area contributed by atoms with Gasteiger partial charge in [-0.05, 0) is 12.5 Å². The summed E-state index contributed by atoms with van der Waals surface area (Å²) < 4.78 is 18.7. The molecule has 16 heavy (non-hydrogen) atoms. The Labute approximate surface area is 94.4 Å². The van der Waals surface area contributed by atoms with Gasteiger partial charge in [-0.2, -0.15) is 0 Å². The zero-order valence-electron chi connectivity index (χ0n) is 9.32. The highest BCUT2D eigenvalue weighted by molar-refractivity contribution is 5.31. The Morgan fingerprint density at radius 2 is 2.38 bits per heavy atom. The Hall–Kier alpha value is -1.13. The minimum Gasteiger partial charge on any atom is -0.494 e. The molecule has 88 valence electrons. The van der Waals surface area contributed by atoms with E-state index in [0.29, 0.717) is 18.7 Å². The molecule has 0 unspecified atom stereocenters. The first-order valence-corrected chi connectivity index (χ1v) is 5.42. The molecule has 1 aromatic rings. The summed E-state index contributed by atoms with van der Waals surface area (Å²) in [6.07, 6.45) is 0.500. The molecule has 1 saturated heterocycles. The molecule has 4 heteroatoms. The lowest BCUT2D eigenvalue weighted by Crippen LogP contribution is -2.22. The van der Waals surface area contributed by atoms with Gasteiger partial charge in [-0.15, -0.1) is 0 Å². The number of halogens is 1. The van der Waals surface area contributed by atoms with E-state index in [9.17, 15) is 9.50 Å². The van der Waals surface area contributed by atoms with Crippen LogP contribution in [0, 0.1) is 5.82 Å². The quantitative estimate of drug-likeness (QED) is 0.844. The molecule has 3 nitrogen and oxygen atoms in total. The summed E-state index contributed by atoms with van der Waals surface area (Å²) in [5.74, 6) is -0.0244. The maximum atomic E-state index is 13.8. The summed E-state index contributed by atoms with van der Waals surface area (Å²) in [4.78, 5) is 2.04. The smallest absolute Gasteiger partial charge is 0.169 e. The molecule has 1 N–H and O–H groups in total. The lowest BCUT2D eigenvalue weighted by Gasteiger charge is -2.16. The fourth-order valence-corrected chi connectivity index (χ4v) is 2.03. The van der Waals surface area contributed by atoms with E-state index in [1.807, 2.05) is 4.90 Å². The second kappa shape index (κ2) is 4.80. The summed E-state index contributed by atoms with van der Waals surface area (Å²) in [5.41, 5.74) is 0.619. The van der Waals surface area contributed by atoms with Crippen molar-refractivity contribution in [2.45, 2.75) is 19.1 Å². The number of benzene rings is 1. The molecule has 1 fully saturated rings. The van der Waals surface area contributed by atoms with Crippen LogP contribution in [0.3, 0.4) is 0 Å². The SMILES string of the molecule is COc1cccc(CN2CC[C@@H](O)C2)c1F. The summed E-state index contributed by atoms with van der Waals surface area (Å²) in [7, 11) is 1.46. The topological polar surface area (TPSA) is 32.7 Å². The average Bonchev–Trinajstić information content (AvgIpc) is 2.67. The Morgan fingerprint density at radius 3 is 3.00 bits per heavy atom. The van der Waals surface area contributed by atoms with E-state index in [4.69, 9.17) is 4.74 Å². The normalized spacial score (nSPS) is 21.3. The van der Waals surface area contributed by atoms with Gasteiger partial charge in [0, 0.05) is 25.2 Å². The van der Waals surface area contributed by atoms with Crippen LogP contribution in [-0.2, 0) is 6.54 Å². The van der Waals surface area contributed by atoms with E-state index in [2.05, 4.69) is 0 Å². The molecule has 0 aliphatic carbocycles. The molecule has 0 aromatic heterocycles. The fourth-order valence-electron chi connectivity index (χ4n) is 2.03. The van der Waals surface area contributed by atoms with Gasteiger partial charge in [0.1, 0.15) is 0 Å². The average molecular weight is 225 g/mol. The molecule has 0 saturated carbocycles. The van der Waals surface area contributed by atoms with Crippen LogP contribution >= 0.6 is 0 Å². The van der Waals surface area contributed by atoms with Crippen LogP contribution in [0.2, 0.25) is 0 Å². The van der Waals surface area contributed by atoms with Crippen LogP contribution in [0.5, 0.6) is 5.75 Å². The first kappa shape index (κ1) is 11.4. The monoisotopic (exact) mass is 225 g/mol. The van der Waals surface area contributed by atoms with Crippen molar-refractivity contribution in [1.82, 2.24) is 4.90 Å². The molecular formula is C12H16FNO2. The number of β-amino-alcohol motifs (C(OH)–C–C–N with tert-alkyl or cyclic N) is 1. The van der Waals surface area contributed by atoms with E-state index >= 15 is 0 Å². The van der Waals surface area contributed by atoms with Crippen molar-refractivity contribution < 1.29 is 14.2 Å². The van der Waals surface area contributed by atoms with Crippen molar-refractivity contribution in [3.8, 4) is 5.75 Å². The first-order valence-electron chi connectivity index (χ1n) is 5.42. The van der Waals surface area contributed by atoms with Crippen LogP contribution in [-0.4, -0.2) is 36.3 Å². The van der Waals surface area contributed by atoms with Crippen LogP contribution in [0.1, 0.15) is 12.0 Å². The van der Waals surface area contributed by atoms with E-state index in [1.165, 1.54) is 7.11 Å². The molecule has 0 amide bonds. The van der Waals surface area contributed by atoms with E-state index in [0.717, 1.165) is 13.0 Å². The second-order valence-corrected chi connectivity index (χ2v) is 4.11. The molecule has 1 aliphatic rings. The number of rotatable bonds is 3. The first-order chi connectivity index (χ1) is 7.70. The van der Waals surface area contributed by atoms with Crippen molar-refractivity contribution in [2.24, 2.45) is 0 Å². The van der Waals surface area contributed by atoms with Gasteiger partial charge in [0.15, 0.2) is 11.6 Å². The standard InChI is InChI=1S/C12H16FNO2/c1-16-11-4-2-3-9(12(11)13)7-14-6-5-10(15)8-14/h2-4,10,15H,5-8H2,1H3/t10-/m1/s1. The van der Waals surface area contributed by atoms with E-state index in [-0.39, 0.29) is 17.7 Å². The number of hydrogen-bond donors (Lipinski definition) is 1. The summed E-state index contributed by atoms with van der Waals surface area (Å²) in [6.45, 7) is 1.97. The van der Waals surface area contributed by atoms with Crippen LogP contribution in [0.4, 0.5) is 4.39 Å². The maximum absolute atomic E-state index is 13.8. The lowest BCUT2D eigenvalue weighted by molar-refractivity contribution is 0.174. The maximum Gasteiger partial charge on any atom is 0.169 e. The van der Waals surface area contributed by atoms with Gasteiger partial charge >= 0.3 is 0 Å². The minimum absolute atomic E-state index is 0.270. The van der Waals surface area contributed by atoms with Gasteiger partial charge in [-0.25, -0.2) is 4.39 Å². The van der Waals surface area contributed by atoms with Crippen LogP contribution < -0.4 is 4.74 Å². The van der Waals surface area contributed by atoms with Gasteiger partial charge in [-0.3, -0.25) is 4.90 Å². The Balaban J connectivity index is 2.09. The zero-order valence-corrected chi connectivity index (χ0v) is 9.32. The van der Waals surface area contributed by atoms with Crippen molar-refractivity contribution >= 4 is 0 Å². The van der Waals surface area contributed by atoms with Crippen molar-refractivity contribution in [3.05, 3.63) is 29.6 Å². The highest BCUT2D eigenvalue weighted by Gasteiger charge is 2.21. The van der Waals surface area contributed by atoms with Gasteiger partial charge in [0.2, 0.25) is 0 Å². The predicted molar refractivity (Wildman–Crippen MR) is 58.9 cm³/mol. The molecule has 1 heterocycles. The Bertz CT molecular complexity index is 370. The number of methoxy groups -OCH3 is 1. The number of aliphatic hydroxyl groups is 1. The fraction of sp³-hybridized carbons (Fsp3) is 0.500. The van der Waals surface area contributed by atoms with Gasteiger partial charge < -0.3 is 9.84 Å².